The second-order valence-electron chi connectivity index (χ2n) is 6.50. The third-order valence-corrected chi connectivity index (χ3v) is 5.97. The number of nitrogens with zero attached hydrogens (tertiary/aromatic N) is 4. The van der Waals surface area contributed by atoms with E-state index in [0.29, 0.717) is 31.3 Å². The minimum Gasteiger partial charge on any atom is -0.351 e. The highest BCUT2D eigenvalue weighted by molar-refractivity contribution is 7.88. The molecule has 0 saturated carbocycles. The summed E-state index contributed by atoms with van der Waals surface area (Å²) in [6, 6.07) is 1.12. The second kappa shape index (κ2) is 7.47. The first kappa shape index (κ1) is 19.6. The molecule has 1 fully saturated rings. The van der Waals surface area contributed by atoms with E-state index in [-0.39, 0.29) is 24.2 Å². The van der Waals surface area contributed by atoms with Gasteiger partial charge < -0.3 is 5.32 Å². The van der Waals surface area contributed by atoms with Crippen LogP contribution in [0.2, 0.25) is 0 Å². The number of aryl methyl sites for hydroxylation is 1. The van der Waals surface area contributed by atoms with E-state index in [4.69, 9.17) is 0 Å². The first-order chi connectivity index (χ1) is 12.7. The number of piperidine rings is 1. The van der Waals surface area contributed by atoms with Crippen molar-refractivity contribution in [1.82, 2.24) is 18.8 Å². The standard InChI is InChI=1S/C16H21F2N5O3S/c1-3-23-14-10(8-12(13(17)18)15(23)24)9-19-16(21-14)20-11-4-6-22(7-5-11)27(2,25)26/h8-9,11,13H,3-7H2,1-2H3,(H,19,20,21). The monoisotopic (exact) mass is 401 g/mol. The molecule has 1 saturated heterocycles. The Labute approximate surface area is 155 Å². The number of fused-ring (bicyclic) bond motifs is 1. The zero-order valence-corrected chi connectivity index (χ0v) is 15.8. The van der Waals surface area contributed by atoms with Crippen LogP contribution in [0, 0.1) is 0 Å². The lowest BCUT2D eigenvalue weighted by Gasteiger charge is -2.30. The van der Waals surface area contributed by atoms with Crippen molar-refractivity contribution in [1.29, 1.82) is 0 Å². The van der Waals surface area contributed by atoms with Crippen molar-refractivity contribution in [3.8, 4) is 0 Å². The molecule has 8 nitrogen and oxygen atoms in total. The number of aromatic nitrogens is 3. The lowest BCUT2D eigenvalue weighted by molar-refractivity contribution is 0.149. The summed E-state index contributed by atoms with van der Waals surface area (Å²) in [7, 11) is -3.20. The van der Waals surface area contributed by atoms with Crippen LogP contribution in [0.1, 0.15) is 31.8 Å². The maximum Gasteiger partial charge on any atom is 0.269 e. The van der Waals surface area contributed by atoms with E-state index < -0.39 is 27.6 Å². The van der Waals surface area contributed by atoms with Crippen molar-refractivity contribution in [2.24, 2.45) is 0 Å². The van der Waals surface area contributed by atoms with Crippen LogP contribution >= 0.6 is 0 Å². The normalized spacial score (nSPS) is 16.9. The van der Waals surface area contributed by atoms with Crippen LogP contribution in [0.4, 0.5) is 14.7 Å². The number of hydrogen-bond donors (Lipinski definition) is 1. The molecule has 27 heavy (non-hydrogen) atoms. The molecule has 2 aromatic heterocycles. The molecule has 1 aliphatic rings. The molecule has 0 amide bonds. The van der Waals surface area contributed by atoms with Crippen molar-refractivity contribution < 1.29 is 17.2 Å². The molecule has 0 bridgehead atoms. The highest BCUT2D eigenvalue weighted by atomic mass is 32.2. The van der Waals surface area contributed by atoms with Gasteiger partial charge in [-0.15, -0.1) is 0 Å². The number of anilines is 1. The molecule has 0 radical (unpaired) electrons. The van der Waals surface area contributed by atoms with Gasteiger partial charge in [-0.1, -0.05) is 0 Å². The average Bonchev–Trinajstić information content (AvgIpc) is 2.61. The summed E-state index contributed by atoms with van der Waals surface area (Å²) in [5, 5.41) is 3.51. The van der Waals surface area contributed by atoms with Gasteiger partial charge in [0.15, 0.2) is 0 Å². The number of nitrogens with one attached hydrogen (secondary N) is 1. The van der Waals surface area contributed by atoms with Crippen LogP contribution in [0.5, 0.6) is 0 Å². The summed E-state index contributed by atoms with van der Waals surface area (Å²) in [4.78, 5) is 20.7. The van der Waals surface area contributed by atoms with Crippen molar-refractivity contribution in [3.63, 3.8) is 0 Å². The van der Waals surface area contributed by atoms with Gasteiger partial charge in [-0.05, 0) is 25.8 Å². The van der Waals surface area contributed by atoms with Crippen molar-refractivity contribution in [2.75, 3.05) is 24.7 Å². The molecule has 148 valence electrons. The molecule has 0 unspecified atom stereocenters. The molecule has 1 N–H and O–H groups in total. The third kappa shape index (κ3) is 4.08. The minimum absolute atomic E-state index is 0.0115. The van der Waals surface area contributed by atoms with E-state index in [9.17, 15) is 22.0 Å². The first-order valence-electron chi connectivity index (χ1n) is 8.61. The Bertz CT molecular complexity index is 1000. The van der Waals surface area contributed by atoms with E-state index in [1.54, 1.807) is 6.92 Å². The molecule has 1 aliphatic heterocycles. The smallest absolute Gasteiger partial charge is 0.269 e. The third-order valence-electron chi connectivity index (χ3n) is 4.66. The van der Waals surface area contributed by atoms with Gasteiger partial charge in [0.1, 0.15) is 5.65 Å². The van der Waals surface area contributed by atoms with Gasteiger partial charge >= 0.3 is 0 Å². The summed E-state index contributed by atoms with van der Waals surface area (Å²) in [5.74, 6) is 0.284. The molecule has 0 aliphatic carbocycles. The molecule has 11 heteroatoms. The van der Waals surface area contributed by atoms with E-state index in [1.165, 1.54) is 21.3 Å². The van der Waals surface area contributed by atoms with E-state index in [2.05, 4.69) is 15.3 Å². The Morgan fingerprint density at radius 3 is 2.56 bits per heavy atom. The predicted octanol–water partition coefficient (Wildman–Crippen LogP) is 1.58. The van der Waals surface area contributed by atoms with E-state index >= 15 is 0 Å². The van der Waals surface area contributed by atoms with Crippen LogP contribution in [0.3, 0.4) is 0 Å². The molecule has 3 rings (SSSR count). The van der Waals surface area contributed by atoms with Gasteiger partial charge in [-0.3, -0.25) is 9.36 Å². The minimum atomic E-state index is -3.20. The molecule has 2 aromatic rings. The SMILES string of the molecule is CCn1c(=O)c(C(F)F)cc2cnc(NC3CCN(S(C)(=O)=O)CC3)nc21. The molecule has 0 atom stereocenters. The van der Waals surface area contributed by atoms with Crippen LogP contribution in [0.25, 0.3) is 11.0 Å². The number of alkyl halides is 2. The summed E-state index contributed by atoms with van der Waals surface area (Å²) in [6.07, 6.45) is 0.926. The number of rotatable bonds is 5. The first-order valence-corrected chi connectivity index (χ1v) is 10.5. The lowest BCUT2D eigenvalue weighted by atomic mass is 10.1. The van der Waals surface area contributed by atoms with Crippen LogP contribution in [-0.4, -0.2) is 52.6 Å². The Morgan fingerprint density at radius 1 is 1.33 bits per heavy atom. The van der Waals surface area contributed by atoms with Gasteiger partial charge in [0.25, 0.3) is 12.0 Å². The zero-order chi connectivity index (χ0) is 19.8. The Hall–Kier alpha value is -2.14. The topological polar surface area (TPSA) is 97.2 Å². The Kier molecular flexibility index (Phi) is 5.43. The maximum absolute atomic E-state index is 13.1. The van der Waals surface area contributed by atoms with E-state index in [0.717, 1.165) is 6.07 Å². The van der Waals surface area contributed by atoms with Crippen molar-refractivity contribution in [2.45, 2.75) is 38.8 Å². The van der Waals surface area contributed by atoms with Gasteiger partial charge in [0.05, 0.1) is 11.8 Å². The molecule has 0 spiro atoms. The Balaban J connectivity index is 1.85. The fraction of sp³-hybridized carbons (Fsp3) is 0.562. The summed E-state index contributed by atoms with van der Waals surface area (Å²) >= 11 is 0. The number of pyridine rings is 1. The number of halogens is 2. The lowest BCUT2D eigenvalue weighted by Crippen LogP contribution is -2.42. The molecular weight excluding hydrogens is 380 g/mol. The summed E-state index contributed by atoms with van der Waals surface area (Å²) < 4.78 is 51.9. The van der Waals surface area contributed by atoms with E-state index in [1.807, 2.05) is 0 Å². The van der Waals surface area contributed by atoms with Crippen LogP contribution in [-0.2, 0) is 16.6 Å². The van der Waals surface area contributed by atoms with Gasteiger partial charge in [-0.25, -0.2) is 26.5 Å². The highest BCUT2D eigenvalue weighted by Crippen LogP contribution is 2.21. The van der Waals surface area contributed by atoms with Crippen molar-refractivity contribution >= 4 is 27.0 Å². The number of hydrogen-bond acceptors (Lipinski definition) is 6. The second-order valence-corrected chi connectivity index (χ2v) is 8.49. The summed E-state index contributed by atoms with van der Waals surface area (Å²) in [5.41, 5.74) is -1.04. The fourth-order valence-corrected chi connectivity index (χ4v) is 4.09. The predicted molar refractivity (Wildman–Crippen MR) is 97.5 cm³/mol. The summed E-state index contributed by atoms with van der Waals surface area (Å²) in [6.45, 7) is 2.70. The number of sulfonamides is 1. The molecule has 0 aromatic carbocycles. The molecule has 3 heterocycles. The quantitative estimate of drug-likeness (QED) is 0.817. The van der Waals surface area contributed by atoms with Crippen LogP contribution < -0.4 is 10.9 Å². The maximum atomic E-state index is 13.1. The van der Waals surface area contributed by atoms with Crippen molar-refractivity contribution in [3.05, 3.63) is 28.2 Å². The van der Waals surface area contributed by atoms with Gasteiger partial charge in [0, 0.05) is 37.3 Å². The Morgan fingerprint density at radius 2 is 2.00 bits per heavy atom. The van der Waals surface area contributed by atoms with Gasteiger partial charge in [-0.2, -0.15) is 4.98 Å². The van der Waals surface area contributed by atoms with Crippen LogP contribution in [0.15, 0.2) is 17.1 Å². The highest BCUT2D eigenvalue weighted by Gasteiger charge is 2.25. The molecular formula is C16H21F2N5O3S. The largest absolute Gasteiger partial charge is 0.351 e. The van der Waals surface area contributed by atoms with Gasteiger partial charge in [0.2, 0.25) is 16.0 Å². The average molecular weight is 401 g/mol. The zero-order valence-electron chi connectivity index (χ0n) is 15.0. The fourth-order valence-electron chi connectivity index (χ4n) is 3.22.